The molecule has 0 saturated carbocycles. The van der Waals surface area contributed by atoms with Crippen molar-refractivity contribution in [1.82, 2.24) is 9.88 Å². The fraction of sp³-hybridized carbons (Fsp3) is 0.400. The Labute approximate surface area is 118 Å². The zero-order valence-electron chi connectivity index (χ0n) is 12.1. The predicted molar refractivity (Wildman–Crippen MR) is 78.1 cm³/mol. The van der Waals surface area contributed by atoms with Gasteiger partial charge in [-0.15, -0.1) is 0 Å². The Hall–Kier alpha value is -1.85. The molecule has 2 aromatic rings. The molecule has 0 spiro atoms. The molecule has 0 aliphatic rings. The number of fused-ring (bicyclic) bond motifs is 1. The van der Waals surface area contributed by atoms with Gasteiger partial charge in [-0.25, -0.2) is 4.79 Å². The first-order chi connectivity index (χ1) is 9.61. The van der Waals surface area contributed by atoms with Crippen LogP contribution in [0.15, 0.2) is 24.4 Å². The summed E-state index contributed by atoms with van der Waals surface area (Å²) in [6.45, 7) is 0.890. The Bertz CT molecular complexity index is 590. The average Bonchev–Trinajstić information content (AvgIpc) is 2.81. The molecular formula is C15H20N2O3. The van der Waals surface area contributed by atoms with Crippen LogP contribution in [0.1, 0.15) is 5.56 Å². The second kappa shape index (κ2) is 6.54. The lowest BCUT2D eigenvalue weighted by Gasteiger charge is -2.10. The number of esters is 1. The van der Waals surface area contributed by atoms with Crippen molar-refractivity contribution in [2.75, 3.05) is 34.4 Å². The molecule has 1 N–H and O–H groups in total. The third-order valence-corrected chi connectivity index (χ3v) is 3.06. The molecule has 0 fully saturated rings. The van der Waals surface area contributed by atoms with E-state index in [4.69, 9.17) is 9.47 Å². The molecule has 5 nitrogen and oxygen atoms in total. The molecule has 20 heavy (non-hydrogen) atoms. The number of aromatic nitrogens is 1. The van der Waals surface area contributed by atoms with Crippen LogP contribution in [0.4, 0.5) is 0 Å². The number of carbonyl (C=O) groups is 1. The molecule has 5 heteroatoms. The monoisotopic (exact) mass is 276 g/mol. The van der Waals surface area contributed by atoms with E-state index >= 15 is 0 Å². The quantitative estimate of drug-likeness (QED) is 0.646. The highest BCUT2D eigenvalue weighted by atomic mass is 16.6. The van der Waals surface area contributed by atoms with Crippen molar-refractivity contribution in [2.45, 2.75) is 6.42 Å². The minimum Gasteiger partial charge on any atom is -0.424 e. The summed E-state index contributed by atoms with van der Waals surface area (Å²) in [6, 6.07) is 5.65. The molecule has 1 aromatic heterocycles. The Morgan fingerprint density at radius 3 is 2.85 bits per heavy atom. The molecule has 0 unspecified atom stereocenters. The van der Waals surface area contributed by atoms with Crippen LogP contribution in [0, 0.1) is 0 Å². The van der Waals surface area contributed by atoms with Gasteiger partial charge in [0.2, 0.25) is 0 Å². The molecule has 108 valence electrons. The van der Waals surface area contributed by atoms with E-state index in [0.717, 1.165) is 29.4 Å². The van der Waals surface area contributed by atoms with E-state index in [1.165, 1.54) is 7.11 Å². The number of rotatable bonds is 6. The third kappa shape index (κ3) is 3.37. The summed E-state index contributed by atoms with van der Waals surface area (Å²) in [7, 11) is 5.55. The SMILES string of the molecule is COCC(=O)Oc1cccc2[nH]cc(CCN(C)C)c12. The van der Waals surface area contributed by atoms with Crippen LogP contribution in [0.25, 0.3) is 10.9 Å². The van der Waals surface area contributed by atoms with Gasteiger partial charge in [0.25, 0.3) is 0 Å². The summed E-state index contributed by atoms with van der Waals surface area (Å²) >= 11 is 0. The van der Waals surface area contributed by atoms with E-state index in [1.807, 2.05) is 38.5 Å². The van der Waals surface area contributed by atoms with Gasteiger partial charge in [-0.1, -0.05) is 6.07 Å². The highest BCUT2D eigenvalue weighted by Crippen LogP contribution is 2.29. The maximum absolute atomic E-state index is 11.6. The number of aromatic amines is 1. The van der Waals surface area contributed by atoms with Crippen molar-refractivity contribution in [3.05, 3.63) is 30.0 Å². The van der Waals surface area contributed by atoms with E-state index in [1.54, 1.807) is 0 Å². The summed E-state index contributed by atoms with van der Waals surface area (Å²) in [4.78, 5) is 16.9. The summed E-state index contributed by atoms with van der Waals surface area (Å²) in [5.74, 6) is 0.194. The molecule has 0 atom stereocenters. The molecule has 0 bridgehead atoms. The van der Waals surface area contributed by atoms with Gasteiger partial charge in [0.1, 0.15) is 12.4 Å². The number of ether oxygens (including phenoxy) is 2. The van der Waals surface area contributed by atoms with Crippen LogP contribution in [-0.4, -0.2) is 50.2 Å². The number of carbonyl (C=O) groups excluding carboxylic acids is 1. The van der Waals surface area contributed by atoms with E-state index in [-0.39, 0.29) is 12.6 Å². The first kappa shape index (κ1) is 14.6. The van der Waals surface area contributed by atoms with Gasteiger partial charge in [-0.3, -0.25) is 0 Å². The van der Waals surface area contributed by atoms with Gasteiger partial charge in [-0.2, -0.15) is 0 Å². The summed E-state index contributed by atoms with van der Waals surface area (Å²) < 4.78 is 10.2. The third-order valence-electron chi connectivity index (χ3n) is 3.06. The number of hydrogen-bond acceptors (Lipinski definition) is 4. The van der Waals surface area contributed by atoms with Crippen LogP contribution in [0.5, 0.6) is 5.75 Å². The van der Waals surface area contributed by atoms with Crippen molar-refractivity contribution in [1.29, 1.82) is 0 Å². The fourth-order valence-electron chi connectivity index (χ4n) is 2.12. The van der Waals surface area contributed by atoms with E-state index in [2.05, 4.69) is 9.88 Å². The first-order valence-corrected chi connectivity index (χ1v) is 6.55. The molecule has 0 saturated heterocycles. The smallest absolute Gasteiger partial charge is 0.337 e. The van der Waals surface area contributed by atoms with Gasteiger partial charge in [0, 0.05) is 30.8 Å². The lowest BCUT2D eigenvalue weighted by atomic mass is 10.1. The Kier molecular flexibility index (Phi) is 4.76. The number of nitrogens with one attached hydrogen (secondary N) is 1. The largest absolute Gasteiger partial charge is 0.424 e. The highest BCUT2D eigenvalue weighted by Gasteiger charge is 2.12. The molecule has 0 radical (unpaired) electrons. The Balaban J connectivity index is 2.29. The molecule has 0 aliphatic carbocycles. The molecule has 0 aliphatic heterocycles. The van der Waals surface area contributed by atoms with Gasteiger partial charge < -0.3 is 19.4 Å². The van der Waals surface area contributed by atoms with Crippen LogP contribution in [0.2, 0.25) is 0 Å². The summed E-state index contributed by atoms with van der Waals surface area (Å²) in [5, 5.41) is 0.971. The van der Waals surface area contributed by atoms with Gasteiger partial charge in [0.05, 0.1) is 0 Å². The van der Waals surface area contributed by atoms with Crippen molar-refractivity contribution in [3.8, 4) is 5.75 Å². The molecule has 1 aromatic carbocycles. The average molecular weight is 276 g/mol. The standard InChI is InChI=1S/C15H20N2O3/c1-17(2)8-7-11-9-16-12-5-4-6-13(15(11)12)20-14(18)10-19-3/h4-6,9,16H,7-8,10H2,1-3H3. The summed E-state index contributed by atoms with van der Waals surface area (Å²) in [5.41, 5.74) is 2.12. The number of benzene rings is 1. The molecular weight excluding hydrogens is 256 g/mol. The number of nitrogens with zero attached hydrogens (tertiary/aromatic N) is 1. The number of methoxy groups -OCH3 is 1. The Morgan fingerprint density at radius 2 is 2.15 bits per heavy atom. The maximum atomic E-state index is 11.6. The zero-order valence-corrected chi connectivity index (χ0v) is 12.1. The lowest BCUT2D eigenvalue weighted by Crippen LogP contribution is -2.16. The fourth-order valence-corrected chi connectivity index (χ4v) is 2.12. The van der Waals surface area contributed by atoms with Gasteiger partial charge in [-0.05, 0) is 38.2 Å². The minimum absolute atomic E-state index is 0.0478. The Morgan fingerprint density at radius 1 is 1.35 bits per heavy atom. The first-order valence-electron chi connectivity index (χ1n) is 6.55. The molecule has 1 heterocycles. The summed E-state index contributed by atoms with van der Waals surface area (Å²) in [6.07, 6.45) is 2.87. The van der Waals surface area contributed by atoms with E-state index < -0.39 is 0 Å². The normalized spacial score (nSPS) is 11.2. The second-order valence-electron chi connectivity index (χ2n) is 4.95. The van der Waals surface area contributed by atoms with Crippen molar-refractivity contribution < 1.29 is 14.3 Å². The molecule has 2 rings (SSSR count). The minimum atomic E-state index is -0.389. The maximum Gasteiger partial charge on any atom is 0.337 e. The van der Waals surface area contributed by atoms with Crippen molar-refractivity contribution >= 4 is 16.9 Å². The number of hydrogen-bond donors (Lipinski definition) is 1. The van der Waals surface area contributed by atoms with Crippen molar-refractivity contribution in [2.24, 2.45) is 0 Å². The topological polar surface area (TPSA) is 54.6 Å². The van der Waals surface area contributed by atoms with Gasteiger partial charge >= 0.3 is 5.97 Å². The second-order valence-corrected chi connectivity index (χ2v) is 4.95. The van der Waals surface area contributed by atoms with E-state index in [9.17, 15) is 4.79 Å². The van der Waals surface area contributed by atoms with Crippen LogP contribution in [0.3, 0.4) is 0 Å². The van der Waals surface area contributed by atoms with Crippen LogP contribution >= 0.6 is 0 Å². The highest BCUT2D eigenvalue weighted by molar-refractivity contribution is 5.91. The van der Waals surface area contributed by atoms with Crippen LogP contribution < -0.4 is 4.74 Å². The number of likely N-dealkylation sites (N-methyl/N-ethyl adjacent to an activating group) is 1. The van der Waals surface area contributed by atoms with Gasteiger partial charge in [0.15, 0.2) is 0 Å². The number of H-pyrrole nitrogens is 1. The zero-order chi connectivity index (χ0) is 14.5. The van der Waals surface area contributed by atoms with Crippen molar-refractivity contribution in [3.63, 3.8) is 0 Å². The lowest BCUT2D eigenvalue weighted by molar-refractivity contribution is -0.138. The van der Waals surface area contributed by atoms with E-state index in [0.29, 0.717) is 5.75 Å². The predicted octanol–water partition coefficient (Wildman–Crippen LogP) is 1.82. The molecule has 0 amide bonds. The van der Waals surface area contributed by atoms with Crippen LogP contribution in [-0.2, 0) is 16.0 Å².